The van der Waals surface area contributed by atoms with Crippen LogP contribution >= 0.6 is 31.9 Å². The van der Waals surface area contributed by atoms with E-state index in [0.29, 0.717) is 12.0 Å². The molecule has 0 bridgehead atoms. The second kappa shape index (κ2) is 5.74. The highest BCUT2D eigenvalue weighted by Gasteiger charge is 2.33. The summed E-state index contributed by atoms with van der Waals surface area (Å²) in [4.78, 5) is 14.6. The van der Waals surface area contributed by atoms with Gasteiger partial charge in [0.25, 0.3) is 5.91 Å². The van der Waals surface area contributed by atoms with Gasteiger partial charge < -0.3 is 4.90 Å². The van der Waals surface area contributed by atoms with Crippen molar-refractivity contribution in [3.05, 3.63) is 32.7 Å². The summed E-state index contributed by atoms with van der Waals surface area (Å²) in [6.45, 7) is 5.14. The van der Waals surface area contributed by atoms with Gasteiger partial charge in [-0.1, -0.05) is 29.8 Å². The van der Waals surface area contributed by atoms with Crippen molar-refractivity contribution in [2.75, 3.05) is 6.54 Å². The zero-order valence-electron chi connectivity index (χ0n) is 10.6. The smallest absolute Gasteiger partial charge is 0.255 e. The van der Waals surface area contributed by atoms with Crippen molar-refractivity contribution in [1.29, 1.82) is 0 Å². The van der Waals surface area contributed by atoms with Crippen LogP contribution in [-0.2, 0) is 0 Å². The fraction of sp³-hybridized carbons (Fsp3) is 0.500. The van der Waals surface area contributed by atoms with Gasteiger partial charge in [0.2, 0.25) is 0 Å². The molecule has 0 heterocycles. The van der Waals surface area contributed by atoms with Crippen LogP contribution in [0.25, 0.3) is 0 Å². The van der Waals surface area contributed by atoms with E-state index in [1.54, 1.807) is 0 Å². The minimum absolute atomic E-state index is 0.144. The molecule has 1 aliphatic rings. The lowest BCUT2D eigenvalue weighted by Crippen LogP contribution is -2.36. The Morgan fingerprint density at radius 3 is 2.56 bits per heavy atom. The molecule has 18 heavy (non-hydrogen) atoms. The quantitative estimate of drug-likeness (QED) is 0.761. The summed E-state index contributed by atoms with van der Waals surface area (Å²) in [6, 6.07) is 6.17. The minimum Gasteiger partial charge on any atom is -0.335 e. The maximum Gasteiger partial charge on any atom is 0.255 e. The van der Waals surface area contributed by atoms with Crippen molar-refractivity contribution < 1.29 is 4.79 Å². The first-order valence-electron chi connectivity index (χ1n) is 6.25. The summed E-state index contributed by atoms with van der Waals surface area (Å²) in [5.74, 6) is 0.648. The molecular formula is C14H17Br2NO. The molecule has 0 saturated heterocycles. The van der Waals surface area contributed by atoms with Gasteiger partial charge in [-0.05, 0) is 52.9 Å². The minimum atomic E-state index is 0.144. The van der Waals surface area contributed by atoms with Gasteiger partial charge in [-0.15, -0.1) is 0 Å². The highest BCUT2D eigenvalue weighted by atomic mass is 79.9. The van der Waals surface area contributed by atoms with E-state index in [9.17, 15) is 4.79 Å². The van der Waals surface area contributed by atoms with Gasteiger partial charge in [-0.3, -0.25) is 4.79 Å². The van der Waals surface area contributed by atoms with Gasteiger partial charge in [0.1, 0.15) is 0 Å². The third-order valence-corrected chi connectivity index (χ3v) is 4.12. The van der Waals surface area contributed by atoms with Crippen LogP contribution < -0.4 is 0 Å². The Kier molecular flexibility index (Phi) is 4.49. The molecular weight excluding hydrogens is 358 g/mol. The molecule has 1 aromatic rings. The Morgan fingerprint density at radius 1 is 1.39 bits per heavy atom. The Bertz CT molecular complexity index is 455. The number of amides is 1. The van der Waals surface area contributed by atoms with Crippen LogP contribution in [0, 0.1) is 5.92 Å². The third kappa shape index (κ3) is 3.35. The van der Waals surface area contributed by atoms with Crippen LogP contribution in [-0.4, -0.2) is 23.4 Å². The molecule has 0 unspecified atom stereocenters. The van der Waals surface area contributed by atoms with Crippen molar-refractivity contribution in [3.63, 3.8) is 0 Å². The summed E-state index contributed by atoms with van der Waals surface area (Å²) in [7, 11) is 0. The molecule has 1 fully saturated rings. The molecule has 0 atom stereocenters. The molecule has 4 heteroatoms. The van der Waals surface area contributed by atoms with Gasteiger partial charge in [-0.25, -0.2) is 0 Å². The number of benzene rings is 1. The lowest BCUT2D eigenvalue weighted by molar-refractivity contribution is 0.0721. The Hall–Kier alpha value is -0.350. The molecule has 98 valence electrons. The SMILES string of the molecule is CC(C)CN(C(=O)c1ccc(Br)cc1Br)C1CC1. The zero-order valence-corrected chi connectivity index (χ0v) is 13.8. The number of carbonyl (C=O) groups is 1. The zero-order chi connectivity index (χ0) is 13.3. The van der Waals surface area contributed by atoms with Crippen LogP contribution in [0.3, 0.4) is 0 Å². The lowest BCUT2D eigenvalue weighted by atomic mass is 10.1. The Morgan fingerprint density at radius 2 is 2.06 bits per heavy atom. The molecule has 1 aliphatic carbocycles. The van der Waals surface area contributed by atoms with Gasteiger partial charge >= 0.3 is 0 Å². The van der Waals surface area contributed by atoms with E-state index in [1.807, 2.05) is 23.1 Å². The second-order valence-corrected chi connectivity index (χ2v) is 6.98. The normalized spacial score (nSPS) is 14.9. The summed E-state index contributed by atoms with van der Waals surface area (Å²) >= 11 is 6.88. The van der Waals surface area contributed by atoms with Crippen molar-refractivity contribution in [1.82, 2.24) is 4.90 Å². The molecule has 1 amide bonds. The molecule has 2 nitrogen and oxygen atoms in total. The van der Waals surface area contributed by atoms with Crippen molar-refractivity contribution >= 4 is 37.8 Å². The average Bonchev–Trinajstić information content (AvgIpc) is 3.08. The first kappa shape index (κ1) is 14.1. The first-order valence-corrected chi connectivity index (χ1v) is 7.83. The first-order chi connectivity index (χ1) is 8.49. The molecule has 0 spiro atoms. The van der Waals surface area contributed by atoms with Crippen LogP contribution in [0.2, 0.25) is 0 Å². The summed E-state index contributed by atoms with van der Waals surface area (Å²) in [6.07, 6.45) is 2.29. The van der Waals surface area contributed by atoms with Crippen molar-refractivity contribution in [2.24, 2.45) is 5.92 Å². The maximum atomic E-state index is 12.6. The standard InChI is InChI=1S/C14H17Br2NO/c1-9(2)8-17(11-4-5-11)14(18)12-6-3-10(15)7-13(12)16/h3,6-7,9,11H,4-5,8H2,1-2H3. The van der Waals surface area contributed by atoms with E-state index < -0.39 is 0 Å². The second-order valence-electron chi connectivity index (χ2n) is 5.21. The van der Waals surface area contributed by atoms with E-state index in [1.165, 1.54) is 0 Å². The Balaban J connectivity index is 2.22. The van der Waals surface area contributed by atoms with Crippen LogP contribution in [0.1, 0.15) is 37.0 Å². The number of rotatable bonds is 4. The van der Waals surface area contributed by atoms with E-state index in [-0.39, 0.29) is 5.91 Å². The number of carbonyl (C=O) groups excluding carboxylic acids is 1. The number of halogens is 2. The van der Waals surface area contributed by atoms with Gasteiger partial charge in [0, 0.05) is 21.5 Å². The maximum absolute atomic E-state index is 12.6. The van der Waals surface area contributed by atoms with Crippen LogP contribution in [0.15, 0.2) is 27.1 Å². The summed E-state index contributed by atoms with van der Waals surface area (Å²) in [5.41, 5.74) is 0.755. The molecule has 0 aliphatic heterocycles. The highest BCUT2D eigenvalue weighted by molar-refractivity contribution is 9.11. The average molecular weight is 375 g/mol. The fourth-order valence-corrected chi connectivity index (χ4v) is 3.21. The van der Waals surface area contributed by atoms with Gasteiger partial charge in [-0.2, -0.15) is 0 Å². The lowest BCUT2D eigenvalue weighted by Gasteiger charge is -2.25. The van der Waals surface area contributed by atoms with Gasteiger partial charge in [0.15, 0.2) is 0 Å². The molecule has 0 N–H and O–H groups in total. The topological polar surface area (TPSA) is 20.3 Å². The monoisotopic (exact) mass is 373 g/mol. The predicted octanol–water partition coefficient (Wildman–Crippen LogP) is 4.47. The van der Waals surface area contributed by atoms with Crippen LogP contribution in [0.4, 0.5) is 0 Å². The Labute approximate surface area is 125 Å². The van der Waals surface area contributed by atoms with Crippen molar-refractivity contribution in [3.8, 4) is 0 Å². The van der Waals surface area contributed by atoms with Crippen LogP contribution in [0.5, 0.6) is 0 Å². The molecule has 0 aromatic heterocycles. The number of hydrogen-bond acceptors (Lipinski definition) is 1. The predicted molar refractivity (Wildman–Crippen MR) is 80.7 cm³/mol. The number of nitrogens with zero attached hydrogens (tertiary/aromatic N) is 1. The highest BCUT2D eigenvalue weighted by Crippen LogP contribution is 2.31. The largest absolute Gasteiger partial charge is 0.335 e. The van der Waals surface area contributed by atoms with E-state index in [0.717, 1.165) is 33.9 Å². The van der Waals surface area contributed by atoms with E-state index >= 15 is 0 Å². The van der Waals surface area contributed by atoms with Crippen molar-refractivity contribution in [2.45, 2.75) is 32.7 Å². The van der Waals surface area contributed by atoms with E-state index in [4.69, 9.17) is 0 Å². The fourth-order valence-electron chi connectivity index (χ4n) is 2.00. The third-order valence-electron chi connectivity index (χ3n) is 2.97. The molecule has 2 rings (SSSR count). The van der Waals surface area contributed by atoms with E-state index in [2.05, 4.69) is 45.7 Å². The molecule has 1 aromatic carbocycles. The molecule has 1 saturated carbocycles. The van der Waals surface area contributed by atoms with Gasteiger partial charge in [0.05, 0.1) is 5.56 Å². The number of hydrogen-bond donors (Lipinski definition) is 0. The summed E-state index contributed by atoms with van der Waals surface area (Å²) < 4.78 is 1.84. The summed E-state index contributed by atoms with van der Waals surface area (Å²) in [5, 5.41) is 0. The molecule has 0 radical (unpaired) electrons.